The van der Waals surface area contributed by atoms with Crippen LogP contribution >= 0.6 is 0 Å². The first kappa shape index (κ1) is 20.8. The average molecular weight is 402 g/mol. The smallest absolute Gasteiger partial charge is 0.203 e. The first-order valence-electron chi connectivity index (χ1n) is 9.38. The lowest BCUT2D eigenvalue weighted by molar-refractivity contribution is -0.842. The van der Waals surface area contributed by atoms with Crippen molar-refractivity contribution < 1.29 is 33.7 Å². The number of ether oxygens (including phenoxy) is 4. The molecule has 1 fully saturated rings. The molecular weight excluding hydrogens is 376 g/mol. The second kappa shape index (κ2) is 9.49. The Labute approximate surface area is 169 Å². The van der Waals surface area contributed by atoms with Gasteiger partial charge in [-0.3, -0.25) is 4.90 Å². The Morgan fingerprint density at radius 2 is 1.72 bits per heavy atom. The predicted octanol–water partition coefficient (Wildman–Crippen LogP) is 0.235. The molecule has 0 unspecified atom stereocenters. The van der Waals surface area contributed by atoms with E-state index in [4.69, 9.17) is 18.9 Å². The summed E-state index contributed by atoms with van der Waals surface area (Å²) in [5, 5.41) is 14.9. The number of anilines is 1. The van der Waals surface area contributed by atoms with Gasteiger partial charge in [0.2, 0.25) is 5.75 Å². The van der Waals surface area contributed by atoms with Crippen LogP contribution in [0.5, 0.6) is 17.2 Å². The van der Waals surface area contributed by atoms with Gasteiger partial charge in [-0.1, -0.05) is 0 Å². The predicted molar refractivity (Wildman–Crippen MR) is 105 cm³/mol. The Morgan fingerprint density at radius 1 is 1.07 bits per heavy atom. The van der Waals surface area contributed by atoms with Gasteiger partial charge in [-0.2, -0.15) is 0 Å². The van der Waals surface area contributed by atoms with Crippen LogP contribution in [-0.4, -0.2) is 53.6 Å². The molecule has 1 heterocycles. The van der Waals surface area contributed by atoms with Crippen molar-refractivity contribution in [1.82, 2.24) is 0 Å². The number of aromatic carboxylic acids is 1. The zero-order valence-corrected chi connectivity index (χ0v) is 16.9. The molecule has 0 aliphatic carbocycles. The van der Waals surface area contributed by atoms with Crippen LogP contribution in [0.4, 0.5) is 11.4 Å². The number of methoxy groups -OCH3 is 3. The highest BCUT2D eigenvalue weighted by Gasteiger charge is 2.21. The minimum Gasteiger partial charge on any atom is -0.545 e. The monoisotopic (exact) mass is 402 g/mol. The van der Waals surface area contributed by atoms with Gasteiger partial charge in [0.1, 0.15) is 18.8 Å². The summed E-state index contributed by atoms with van der Waals surface area (Å²) in [6, 6.07) is 9.02. The molecule has 29 heavy (non-hydrogen) atoms. The molecule has 1 saturated heterocycles. The van der Waals surface area contributed by atoms with Crippen molar-refractivity contribution >= 4 is 17.3 Å². The van der Waals surface area contributed by atoms with Gasteiger partial charge < -0.3 is 34.2 Å². The molecule has 0 bridgehead atoms. The van der Waals surface area contributed by atoms with Gasteiger partial charge in [0.15, 0.2) is 11.5 Å². The Kier molecular flexibility index (Phi) is 6.79. The topological polar surface area (TPSA) is 93.5 Å². The van der Waals surface area contributed by atoms with E-state index >= 15 is 0 Å². The van der Waals surface area contributed by atoms with Gasteiger partial charge in [0.05, 0.1) is 46.1 Å². The van der Waals surface area contributed by atoms with Crippen molar-refractivity contribution in [2.75, 3.05) is 52.9 Å². The van der Waals surface area contributed by atoms with Gasteiger partial charge in [0, 0.05) is 18.3 Å². The Hall–Kier alpha value is -2.97. The van der Waals surface area contributed by atoms with Crippen molar-refractivity contribution in [3.05, 3.63) is 41.5 Å². The summed E-state index contributed by atoms with van der Waals surface area (Å²) in [6.07, 6.45) is 0. The Balaban J connectivity index is 1.80. The number of rotatable bonds is 8. The van der Waals surface area contributed by atoms with E-state index in [1.807, 2.05) is 24.3 Å². The van der Waals surface area contributed by atoms with Gasteiger partial charge in [-0.25, -0.2) is 0 Å². The Bertz CT molecular complexity index is 839. The number of carboxylic acid groups (broad SMARTS) is 1. The van der Waals surface area contributed by atoms with Crippen LogP contribution in [0.3, 0.4) is 0 Å². The number of nitrogens with one attached hydrogen (secondary N) is 2. The normalized spacial score (nSPS) is 14.3. The molecule has 0 amide bonds. The Morgan fingerprint density at radius 3 is 2.28 bits per heavy atom. The van der Waals surface area contributed by atoms with Crippen molar-refractivity contribution in [1.29, 1.82) is 0 Å². The highest BCUT2D eigenvalue weighted by atomic mass is 16.5. The minimum absolute atomic E-state index is 0.191. The third-order valence-corrected chi connectivity index (χ3v) is 4.94. The van der Waals surface area contributed by atoms with Crippen molar-refractivity contribution in [3.63, 3.8) is 0 Å². The summed E-state index contributed by atoms with van der Waals surface area (Å²) in [5.74, 6) is 0.460. The number of carboxylic acids is 1. The lowest BCUT2D eigenvalue weighted by Crippen LogP contribution is -3.09. The van der Waals surface area contributed by atoms with Gasteiger partial charge >= 0.3 is 0 Å². The van der Waals surface area contributed by atoms with E-state index in [1.165, 1.54) is 0 Å². The first-order chi connectivity index (χ1) is 14.1. The van der Waals surface area contributed by atoms with Crippen LogP contribution in [0.15, 0.2) is 30.3 Å². The quantitative estimate of drug-likeness (QED) is 0.653. The summed E-state index contributed by atoms with van der Waals surface area (Å²) in [7, 11) is 4.68. The fraction of sp³-hybridized carbons (Fsp3) is 0.381. The van der Waals surface area contributed by atoms with Gasteiger partial charge in [0.25, 0.3) is 0 Å². The second-order valence-corrected chi connectivity index (χ2v) is 6.65. The first-order valence-corrected chi connectivity index (χ1v) is 9.38. The van der Waals surface area contributed by atoms with E-state index in [-0.39, 0.29) is 5.56 Å². The molecule has 2 N–H and O–H groups in total. The summed E-state index contributed by atoms with van der Waals surface area (Å²) in [4.78, 5) is 12.8. The van der Waals surface area contributed by atoms with E-state index in [0.717, 1.165) is 29.2 Å². The molecule has 2 aromatic rings. The number of quaternary nitrogens is 1. The molecule has 8 nitrogen and oxygen atoms in total. The molecule has 0 aromatic heterocycles. The standard InChI is InChI=1S/C21H26N2O6/c1-26-18-10-14(11-19(27-2)20(18)28-3)13-22-15-4-5-17(16(12-15)21(24)25)23-6-8-29-9-7-23/h4-5,10-12,22H,6-9,13H2,1-3H3,(H,24,25). The van der Waals surface area contributed by atoms with E-state index in [1.54, 1.807) is 27.4 Å². The molecule has 0 radical (unpaired) electrons. The summed E-state index contributed by atoms with van der Waals surface area (Å²) in [6.45, 7) is 3.15. The SMILES string of the molecule is COc1cc(CNc2ccc([NH+]3CCOCC3)c(C(=O)[O-])c2)cc(OC)c1OC. The molecule has 1 aliphatic heterocycles. The zero-order chi connectivity index (χ0) is 20.8. The number of carbonyl (C=O) groups is 1. The summed E-state index contributed by atoms with van der Waals surface area (Å²) < 4.78 is 21.4. The summed E-state index contributed by atoms with van der Waals surface area (Å²) >= 11 is 0. The van der Waals surface area contributed by atoms with Crippen molar-refractivity contribution in [3.8, 4) is 17.2 Å². The molecule has 0 saturated carbocycles. The number of hydrogen-bond donors (Lipinski definition) is 2. The van der Waals surface area contributed by atoms with Crippen molar-refractivity contribution in [2.45, 2.75) is 6.54 Å². The van der Waals surface area contributed by atoms with Crippen LogP contribution in [-0.2, 0) is 11.3 Å². The summed E-state index contributed by atoms with van der Waals surface area (Å²) in [5.41, 5.74) is 2.51. The maximum Gasteiger partial charge on any atom is 0.203 e. The van der Waals surface area contributed by atoms with Crippen LogP contribution in [0.2, 0.25) is 0 Å². The minimum atomic E-state index is -1.18. The lowest BCUT2D eigenvalue weighted by atomic mass is 10.1. The fourth-order valence-corrected chi connectivity index (χ4v) is 3.46. The molecule has 2 aromatic carbocycles. The molecule has 156 valence electrons. The third kappa shape index (κ3) is 4.72. The average Bonchev–Trinajstić information content (AvgIpc) is 2.77. The zero-order valence-electron chi connectivity index (χ0n) is 16.9. The molecule has 8 heteroatoms. The third-order valence-electron chi connectivity index (χ3n) is 4.94. The van der Waals surface area contributed by atoms with Gasteiger partial charge in [-0.15, -0.1) is 0 Å². The molecule has 3 rings (SSSR count). The maximum absolute atomic E-state index is 11.7. The van der Waals surface area contributed by atoms with E-state index in [2.05, 4.69) is 5.32 Å². The molecule has 0 spiro atoms. The van der Waals surface area contributed by atoms with Crippen LogP contribution < -0.4 is 29.5 Å². The van der Waals surface area contributed by atoms with Crippen LogP contribution in [0.25, 0.3) is 0 Å². The number of benzene rings is 2. The molecule has 0 atom stereocenters. The van der Waals surface area contributed by atoms with E-state index in [9.17, 15) is 9.90 Å². The van der Waals surface area contributed by atoms with Gasteiger partial charge in [-0.05, 0) is 29.8 Å². The maximum atomic E-state index is 11.7. The van der Waals surface area contributed by atoms with Crippen molar-refractivity contribution in [2.24, 2.45) is 0 Å². The largest absolute Gasteiger partial charge is 0.545 e. The number of carbonyl (C=O) groups excluding carboxylic acids is 1. The van der Waals surface area contributed by atoms with E-state index < -0.39 is 5.97 Å². The highest BCUT2D eigenvalue weighted by Crippen LogP contribution is 2.38. The highest BCUT2D eigenvalue weighted by molar-refractivity contribution is 5.92. The second-order valence-electron chi connectivity index (χ2n) is 6.65. The lowest BCUT2D eigenvalue weighted by Gasteiger charge is -2.25. The number of morpholine rings is 1. The van der Waals surface area contributed by atoms with E-state index in [0.29, 0.717) is 42.7 Å². The van der Waals surface area contributed by atoms with Crippen LogP contribution in [0, 0.1) is 0 Å². The van der Waals surface area contributed by atoms with Crippen LogP contribution in [0.1, 0.15) is 15.9 Å². The molecular formula is C21H26N2O6. The fourth-order valence-electron chi connectivity index (χ4n) is 3.46. The number of hydrogen-bond acceptors (Lipinski definition) is 7. The molecule has 1 aliphatic rings.